The smallest absolute Gasteiger partial charge is 0.237 e. The number of thioether (sulfide) groups is 1. The minimum Gasteiger partial charge on any atom is -0.368 e. The van der Waals surface area contributed by atoms with E-state index in [4.69, 9.17) is 5.73 Å². The van der Waals surface area contributed by atoms with Crippen molar-refractivity contribution in [3.8, 4) is 0 Å². The molecule has 0 aliphatic carbocycles. The normalized spacial score (nSPS) is 11.5. The van der Waals surface area contributed by atoms with Crippen LogP contribution in [0.1, 0.15) is 13.8 Å². The van der Waals surface area contributed by atoms with E-state index in [9.17, 15) is 4.79 Å². The fourth-order valence-corrected chi connectivity index (χ4v) is 0.859. The highest BCUT2D eigenvalue weighted by molar-refractivity contribution is 7.98. The maximum Gasteiger partial charge on any atom is 0.237 e. The molecule has 0 atom stereocenters. The Morgan fingerprint density at radius 3 is 2.55 bits per heavy atom. The summed E-state index contributed by atoms with van der Waals surface area (Å²) in [6.07, 6.45) is 2.03. The molecule has 0 heterocycles. The average Bonchev–Trinajstić information content (AvgIpc) is 1.88. The molecular weight excluding hydrogens is 160 g/mol. The Morgan fingerprint density at radius 2 is 2.18 bits per heavy atom. The minimum absolute atomic E-state index is 0.307. The molecule has 66 valence electrons. The van der Waals surface area contributed by atoms with Gasteiger partial charge in [-0.25, -0.2) is 0 Å². The Balaban J connectivity index is 3.64. The number of nitrogens with two attached hydrogens (primary N) is 1. The Morgan fingerprint density at radius 1 is 1.64 bits per heavy atom. The number of nitrogens with one attached hydrogen (secondary N) is 1. The lowest BCUT2D eigenvalue weighted by Gasteiger charge is -2.21. The summed E-state index contributed by atoms with van der Waals surface area (Å²) in [5, 5.41) is 3.06. The first kappa shape index (κ1) is 10.8. The SMILES string of the molecule is CSCCNC(C)(C)C(N)=O. The van der Waals surface area contributed by atoms with Gasteiger partial charge in [0, 0.05) is 12.3 Å². The predicted octanol–water partition coefficient (Wildman–Crippen LogP) is 0.203. The van der Waals surface area contributed by atoms with Gasteiger partial charge < -0.3 is 11.1 Å². The number of carbonyl (C=O) groups is 1. The van der Waals surface area contributed by atoms with Crippen molar-refractivity contribution in [1.29, 1.82) is 0 Å². The second kappa shape index (κ2) is 4.62. The molecule has 0 spiro atoms. The number of rotatable bonds is 5. The van der Waals surface area contributed by atoms with Crippen molar-refractivity contribution in [1.82, 2.24) is 5.32 Å². The van der Waals surface area contributed by atoms with Gasteiger partial charge in [0.15, 0.2) is 0 Å². The van der Waals surface area contributed by atoms with E-state index in [-0.39, 0.29) is 5.91 Å². The van der Waals surface area contributed by atoms with E-state index in [0.29, 0.717) is 0 Å². The molecule has 0 saturated heterocycles. The van der Waals surface area contributed by atoms with Crippen molar-refractivity contribution in [2.24, 2.45) is 5.73 Å². The Kier molecular flexibility index (Phi) is 4.52. The summed E-state index contributed by atoms with van der Waals surface area (Å²) in [5.74, 6) is 0.690. The Bertz CT molecular complexity index is 136. The van der Waals surface area contributed by atoms with Gasteiger partial charge >= 0.3 is 0 Å². The molecule has 0 radical (unpaired) electrons. The van der Waals surface area contributed by atoms with Crippen molar-refractivity contribution in [2.75, 3.05) is 18.6 Å². The van der Waals surface area contributed by atoms with Crippen molar-refractivity contribution >= 4 is 17.7 Å². The van der Waals surface area contributed by atoms with Crippen LogP contribution in [0.15, 0.2) is 0 Å². The zero-order valence-electron chi connectivity index (χ0n) is 7.31. The first-order valence-electron chi connectivity index (χ1n) is 3.54. The summed E-state index contributed by atoms with van der Waals surface area (Å²) in [4.78, 5) is 10.8. The molecule has 3 nitrogen and oxygen atoms in total. The van der Waals surface area contributed by atoms with E-state index in [2.05, 4.69) is 5.32 Å². The Labute approximate surface area is 72.1 Å². The first-order valence-corrected chi connectivity index (χ1v) is 4.94. The van der Waals surface area contributed by atoms with Crippen molar-refractivity contribution in [3.05, 3.63) is 0 Å². The molecule has 0 bridgehead atoms. The molecule has 0 saturated carbocycles. The van der Waals surface area contributed by atoms with Crippen LogP contribution in [0.25, 0.3) is 0 Å². The fraction of sp³-hybridized carbons (Fsp3) is 0.857. The second-order valence-corrected chi connectivity index (χ2v) is 3.89. The van der Waals surface area contributed by atoms with E-state index >= 15 is 0 Å². The molecular formula is C7H16N2OS. The van der Waals surface area contributed by atoms with Gasteiger partial charge in [-0.2, -0.15) is 11.8 Å². The van der Waals surface area contributed by atoms with Crippen LogP contribution in [-0.2, 0) is 4.79 Å². The number of amides is 1. The lowest BCUT2D eigenvalue weighted by Crippen LogP contribution is -2.51. The van der Waals surface area contributed by atoms with Crippen LogP contribution in [0, 0.1) is 0 Å². The third-order valence-electron chi connectivity index (χ3n) is 1.49. The number of carbonyl (C=O) groups excluding carboxylic acids is 1. The Hall–Kier alpha value is -0.220. The molecule has 0 aromatic rings. The van der Waals surface area contributed by atoms with Crippen LogP contribution >= 0.6 is 11.8 Å². The summed E-state index contributed by atoms with van der Waals surface area (Å²) in [7, 11) is 0. The number of primary amides is 1. The minimum atomic E-state index is -0.574. The fourth-order valence-electron chi connectivity index (χ4n) is 0.553. The molecule has 0 fully saturated rings. The molecule has 3 N–H and O–H groups in total. The highest BCUT2D eigenvalue weighted by Crippen LogP contribution is 2.00. The summed E-state index contributed by atoms with van der Waals surface area (Å²) in [6, 6.07) is 0. The van der Waals surface area contributed by atoms with Gasteiger partial charge in [0.2, 0.25) is 5.91 Å². The maximum atomic E-state index is 10.8. The summed E-state index contributed by atoms with van der Waals surface area (Å²) < 4.78 is 0. The molecule has 11 heavy (non-hydrogen) atoms. The van der Waals surface area contributed by atoms with Crippen LogP contribution in [0.5, 0.6) is 0 Å². The van der Waals surface area contributed by atoms with E-state index in [0.717, 1.165) is 12.3 Å². The van der Waals surface area contributed by atoms with Gasteiger partial charge in [0.25, 0.3) is 0 Å². The second-order valence-electron chi connectivity index (χ2n) is 2.91. The van der Waals surface area contributed by atoms with Crippen LogP contribution in [-0.4, -0.2) is 30.0 Å². The zero-order valence-corrected chi connectivity index (χ0v) is 8.12. The van der Waals surface area contributed by atoms with E-state index in [1.165, 1.54) is 0 Å². The lowest BCUT2D eigenvalue weighted by atomic mass is 10.1. The molecule has 0 aromatic carbocycles. The predicted molar refractivity (Wildman–Crippen MR) is 49.7 cm³/mol. The third kappa shape index (κ3) is 4.27. The van der Waals surface area contributed by atoms with Gasteiger partial charge in [-0.15, -0.1) is 0 Å². The molecule has 0 aliphatic rings. The van der Waals surface area contributed by atoms with Crippen molar-refractivity contribution < 1.29 is 4.79 Å². The largest absolute Gasteiger partial charge is 0.368 e. The number of hydrogen-bond acceptors (Lipinski definition) is 3. The van der Waals surface area contributed by atoms with Crippen LogP contribution in [0.3, 0.4) is 0 Å². The van der Waals surface area contributed by atoms with Crippen LogP contribution in [0.4, 0.5) is 0 Å². The molecule has 0 rings (SSSR count). The number of hydrogen-bond donors (Lipinski definition) is 2. The van der Waals surface area contributed by atoms with E-state index in [1.54, 1.807) is 25.6 Å². The van der Waals surface area contributed by atoms with Crippen molar-refractivity contribution in [2.45, 2.75) is 19.4 Å². The van der Waals surface area contributed by atoms with Gasteiger partial charge in [0.1, 0.15) is 0 Å². The summed E-state index contributed by atoms with van der Waals surface area (Å²) in [5.41, 5.74) is 4.57. The highest BCUT2D eigenvalue weighted by atomic mass is 32.2. The van der Waals surface area contributed by atoms with Crippen molar-refractivity contribution in [3.63, 3.8) is 0 Å². The average molecular weight is 176 g/mol. The molecule has 0 aromatic heterocycles. The van der Waals surface area contributed by atoms with Gasteiger partial charge in [-0.3, -0.25) is 4.79 Å². The van der Waals surface area contributed by atoms with E-state index < -0.39 is 5.54 Å². The summed E-state index contributed by atoms with van der Waals surface area (Å²) >= 11 is 1.74. The third-order valence-corrected chi connectivity index (χ3v) is 2.10. The quantitative estimate of drug-likeness (QED) is 0.588. The molecule has 0 unspecified atom stereocenters. The standard InChI is InChI=1S/C7H16N2OS/c1-7(2,6(8)10)9-4-5-11-3/h9H,4-5H2,1-3H3,(H2,8,10). The highest BCUT2D eigenvalue weighted by Gasteiger charge is 2.22. The van der Waals surface area contributed by atoms with Crippen LogP contribution < -0.4 is 11.1 Å². The zero-order chi connectivity index (χ0) is 8.91. The lowest BCUT2D eigenvalue weighted by molar-refractivity contribution is -0.123. The van der Waals surface area contributed by atoms with Gasteiger partial charge in [-0.1, -0.05) is 0 Å². The summed E-state index contributed by atoms with van der Waals surface area (Å²) in [6.45, 7) is 4.39. The first-order chi connectivity index (χ1) is 5.00. The molecule has 4 heteroatoms. The monoisotopic (exact) mass is 176 g/mol. The topological polar surface area (TPSA) is 55.1 Å². The molecule has 0 aliphatic heterocycles. The van der Waals surface area contributed by atoms with E-state index in [1.807, 2.05) is 6.26 Å². The van der Waals surface area contributed by atoms with Gasteiger partial charge in [0.05, 0.1) is 5.54 Å². The van der Waals surface area contributed by atoms with Gasteiger partial charge in [-0.05, 0) is 20.1 Å². The van der Waals surface area contributed by atoms with Crippen LogP contribution in [0.2, 0.25) is 0 Å². The molecule has 1 amide bonds. The maximum absolute atomic E-state index is 10.8.